The Labute approximate surface area is 702 Å². The molecule has 2 aromatic heterocycles. The number of hydrogen-bond acceptors (Lipinski definition) is 6. The van der Waals surface area contributed by atoms with Gasteiger partial charge in [-0.25, -0.2) is 8.78 Å². The van der Waals surface area contributed by atoms with E-state index in [0.717, 1.165) is 130 Å². The van der Waals surface area contributed by atoms with Gasteiger partial charge in [-0.05, 0) is 80.8 Å². The Kier molecular flexibility index (Phi) is 51.7. The van der Waals surface area contributed by atoms with E-state index in [0.29, 0.717) is 22.3 Å². The van der Waals surface area contributed by atoms with Gasteiger partial charge in [0.15, 0.2) is 0 Å². The van der Waals surface area contributed by atoms with E-state index in [1.807, 2.05) is 0 Å². The van der Waals surface area contributed by atoms with Crippen molar-refractivity contribution in [2.75, 3.05) is 0 Å². The van der Waals surface area contributed by atoms with Crippen LogP contribution < -0.4 is 0 Å². The maximum atomic E-state index is 20.2. The van der Waals surface area contributed by atoms with Crippen molar-refractivity contribution >= 4 is 77.4 Å². The van der Waals surface area contributed by atoms with Crippen LogP contribution in [0.5, 0.6) is 0 Å². The Morgan fingerprint density at radius 3 is 0.555 bits per heavy atom. The molecule has 0 fully saturated rings. The first kappa shape index (κ1) is 95.3. The monoisotopic (exact) mass is 1680 g/mol. The second kappa shape index (κ2) is 59.7. The Morgan fingerprint density at radius 2 is 0.382 bits per heavy atom. The molecule has 0 atom stereocenters. The summed E-state index contributed by atoms with van der Waals surface area (Å²) >= 11 is 10.5. The van der Waals surface area contributed by atoms with Crippen LogP contribution in [0.2, 0.25) is 0 Å². The van der Waals surface area contributed by atoms with Crippen molar-refractivity contribution in [3.63, 3.8) is 0 Å². The molecular weight excluding hydrogens is 1520 g/mol. The minimum absolute atomic E-state index is 0.194. The molecule has 110 heavy (non-hydrogen) atoms. The van der Waals surface area contributed by atoms with Gasteiger partial charge in [0.2, 0.25) is 0 Å². The number of benzene rings is 3. The van der Waals surface area contributed by atoms with E-state index in [1.54, 1.807) is 0 Å². The zero-order chi connectivity index (χ0) is 77.6. The predicted molar refractivity (Wildman–Crippen MR) is 490 cm³/mol. The predicted octanol–water partition coefficient (Wildman–Crippen LogP) is 37.8. The number of hydrogen-bond donors (Lipinski definition) is 0. The average molecular weight is 1690 g/mol. The fourth-order valence-electron chi connectivity index (χ4n) is 20.0. The minimum atomic E-state index is -0.726. The van der Waals surface area contributed by atoms with Crippen LogP contribution in [0, 0.1) is 11.6 Å². The first-order chi connectivity index (χ1) is 54.3. The molecule has 5 aromatic rings. The fraction of sp³-hybridized carbons (Fsp3) is 0.820. The van der Waals surface area contributed by atoms with Crippen molar-refractivity contribution in [2.24, 2.45) is 0 Å². The third-order valence-electron chi connectivity index (χ3n) is 26.7. The second-order valence-electron chi connectivity index (χ2n) is 35.8. The molecule has 0 bridgehead atoms. The summed E-state index contributed by atoms with van der Waals surface area (Å²) in [5, 5.41) is 0. The molecule has 2 aliphatic rings. The number of fused-ring (bicyclic) bond motifs is 10. The molecular formula is C100H166Br2F2N4S2. The molecule has 7 rings (SSSR count). The van der Waals surface area contributed by atoms with Crippen molar-refractivity contribution in [3.05, 3.63) is 55.0 Å². The highest BCUT2D eigenvalue weighted by atomic mass is 79.9. The second-order valence-corrected chi connectivity index (χ2v) is 38.6. The lowest BCUT2D eigenvalue weighted by molar-refractivity contribution is 0.374. The van der Waals surface area contributed by atoms with Gasteiger partial charge < -0.3 is 0 Å². The summed E-state index contributed by atoms with van der Waals surface area (Å²) in [4.78, 5) is 0. The smallest absolute Gasteiger partial charge is 0.136 e. The quantitative estimate of drug-likeness (QED) is 0.0364. The zero-order valence-electron chi connectivity index (χ0n) is 72.0. The van der Waals surface area contributed by atoms with Crippen LogP contribution in [0.4, 0.5) is 8.78 Å². The third-order valence-corrected chi connectivity index (χ3v) is 28.9. The summed E-state index contributed by atoms with van der Waals surface area (Å²) in [5.74, 6) is -0.388. The van der Waals surface area contributed by atoms with Gasteiger partial charge in [-0.1, -0.05) is 490 Å². The van der Waals surface area contributed by atoms with Crippen LogP contribution >= 0.6 is 55.3 Å². The van der Waals surface area contributed by atoms with E-state index in [2.05, 4.69) is 71.7 Å². The van der Waals surface area contributed by atoms with Crippen LogP contribution in [0.3, 0.4) is 0 Å². The molecule has 0 saturated carbocycles. The van der Waals surface area contributed by atoms with Gasteiger partial charge in [0.25, 0.3) is 0 Å². The van der Waals surface area contributed by atoms with Gasteiger partial charge in [-0.15, -0.1) is 0 Å². The van der Waals surface area contributed by atoms with Crippen molar-refractivity contribution < 1.29 is 8.78 Å². The van der Waals surface area contributed by atoms with Crippen LogP contribution in [0.25, 0.3) is 44.3 Å². The maximum absolute atomic E-state index is 20.2. The average Bonchev–Trinajstić information content (AvgIpc) is 1.50. The first-order valence-electron chi connectivity index (χ1n) is 48.8. The number of halogens is 4. The van der Waals surface area contributed by atoms with Gasteiger partial charge in [0.05, 0.1) is 23.5 Å². The van der Waals surface area contributed by atoms with E-state index in [9.17, 15) is 0 Å². The van der Waals surface area contributed by atoms with Crippen LogP contribution in [0.1, 0.15) is 538 Å². The third kappa shape index (κ3) is 32.4. The molecule has 0 amide bonds. The maximum Gasteiger partial charge on any atom is 0.136 e. The van der Waals surface area contributed by atoms with Crippen molar-refractivity contribution in [2.45, 2.75) is 527 Å². The summed E-state index contributed by atoms with van der Waals surface area (Å²) < 4.78 is 62.3. The van der Waals surface area contributed by atoms with Crippen molar-refractivity contribution in [1.82, 2.24) is 17.5 Å². The summed E-state index contributed by atoms with van der Waals surface area (Å²) in [6.45, 7) is 9.24. The highest BCUT2D eigenvalue weighted by Gasteiger charge is 2.55. The Bertz CT molecular complexity index is 2850. The molecule has 4 nitrogen and oxygen atoms in total. The van der Waals surface area contributed by atoms with E-state index >= 15 is 8.78 Å². The minimum Gasteiger partial charge on any atom is -0.206 e. The fourth-order valence-corrected chi connectivity index (χ4v) is 22.4. The lowest BCUT2D eigenvalue weighted by Gasteiger charge is -2.35. The van der Waals surface area contributed by atoms with E-state index in [1.165, 1.54) is 434 Å². The lowest BCUT2D eigenvalue weighted by Crippen LogP contribution is -2.29. The normalized spacial score (nSPS) is 13.5. The zero-order valence-corrected chi connectivity index (χ0v) is 76.8. The SMILES string of the molecule is CCCCCCCCCCCCCCCCCCCCC1(CCCCCCCCCCCCCCCCCCCC)c2cc(Br)c3nsnc3c2-c2c(F)c3c(c(F)c21)-c1c(cc(Br)c2nsnc12)C3(CCCCCCCCCCCCCCCCCCCC)CCCCCCCCCCCCCCCCCCCC. The van der Waals surface area contributed by atoms with Crippen LogP contribution in [-0.4, -0.2) is 17.5 Å². The molecule has 0 radical (unpaired) electrons. The molecule has 0 unspecified atom stereocenters. The standard InChI is InChI=1S/C100H166Br2F2N4S2/c1-5-9-13-17-21-25-29-33-37-41-45-49-53-57-61-65-69-73-77-99(78-74-70-66-62-58-54-50-46-42-38-34-30-26-22-18-14-10-6-2)83-81-85(101)95-97(107-109-105-95)87(83)89-91(99)93(103)90-88-84(82-86(102)96-98(88)108-110-106-96)100(92(90)94(89)104,79-75-71-67-63-59-55-51-47-43-39-35-31-27-23-19-15-11-7-3)80-76-72-68-64-60-56-52-48-44-40-36-32-28-24-20-16-12-8-4/h81-82H,5-80H2,1-4H3. The van der Waals surface area contributed by atoms with Crippen LogP contribution in [0.15, 0.2) is 21.1 Å². The van der Waals surface area contributed by atoms with Gasteiger partial charge in [0.1, 0.15) is 33.7 Å². The van der Waals surface area contributed by atoms with Gasteiger partial charge in [-0.3, -0.25) is 0 Å². The van der Waals surface area contributed by atoms with E-state index in [-0.39, 0.29) is 11.6 Å². The Hall–Kier alpha value is -1.88. The summed E-state index contributed by atoms with van der Waals surface area (Å²) in [5.41, 5.74) is 7.58. The van der Waals surface area contributed by atoms with Gasteiger partial charge in [-0.2, -0.15) is 17.5 Å². The number of aromatic nitrogens is 4. The molecule has 0 spiro atoms. The van der Waals surface area contributed by atoms with E-state index < -0.39 is 10.8 Å². The highest BCUT2D eigenvalue weighted by Crippen LogP contribution is 2.66. The molecule has 626 valence electrons. The summed E-state index contributed by atoms with van der Waals surface area (Å²) in [7, 11) is 0. The topological polar surface area (TPSA) is 51.6 Å². The molecule has 2 aliphatic carbocycles. The van der Waals surface area contributed by atoms with Crippen molar-refractivity contribution in [3.8, 4) is 22.3 Å². The van der Waals surface area contributed by atoms with Crippen molar-refractivity contribution in [1.29, 1.82) is 0 Å². The number of unbranched alkanes of at least 4 members (excludes halogenated alkanes) is 68. The van der Waals surface area contributed by atoms with E-state index in [4.69, 9.17) is 17.5 Å². The number of rotatable bonds is 76. The molecule has 0 aliphatic heterocycles. The highest BCUT2D eigenvalue weighted by molar-refractivity contribution is 9.11. The number of nitrogens with zero attached hydrogens (tertiary/aromatic N) is 4. The molecule has 0 saturated heterocycles. The largest absolute Gasteiger partial charge is 0.206 e. The molecule has 0 N–H and O–H groups in total. The molecule has 10 heteroatoms. The first-order valence-corrected chi connectivity index (χ1v) is 51.8. The van der Waals surface area contributed by atoms with Gasteiger partial charge in [0, 0.05) is 53.2 Å². The Balaban J connectivity index is 1.09. The molecule has 3 aromatic carbocycles. The summed E-state index contributed by atoms with van der Waals surface area (Å²) in [6.07, 6.45) is 98.6. The summed E-state index contributed by atoms with van der Waals surface area (Å²) in [6, 6.07) is 4.53. The lowest BCUT2D eigenvalue weighted by atomic mass is 9.68. The van der Waals surface area contributed by atoms with Crippen LogP contribution in [-0.2, 0) is 10.8 Å². The Morgan fingerprint density at radius 1 is 0.227 bits per heavy atom. The van der Waals surface area contributed by atoms with Gasteiger partial charge >= 0.3 is 0 Å². The molecule has 2 heterocycles.